The lowest BCUT2D eigenvalue weighted by molar-refractivity contribution is -0.115. The maximum absolute atomic E-state index is 12.3. The summed E-state index contributed by atoms with van der Waals surface area (Å²) in [6.07, 6.45) is 8.39. The zero-order chi connectivity index (χ0) is 21.7. The molecule has 3 rings (SSSR count). The van der Waals surface area contributed by atoms with Crippen molar-refractivity contribution < 1.29 is 14.7 Å². The molecule has 1 amide bonds. The summed E-state index contributed by atoms with van der Waals surface area (Å²) in [5.41, 5.74) is 4.87. The minimum atomic E-state index is -1.00. The maximum Gasteiger partial charge on any atom is 0.335 e. The fraction of sp³-hybridized carbons (Fsp3) is 0.200. The summed E-state index contributed by atoms with van der Waals surface area (Å²) in [5.74, 6) is -0.617. The number of hydrogen-bond acceptors (Lipinski definition) is 2. The van der Waals surface area contributed by atoms with Gasteiger partial charge >= 0.3 is 5.97 Å². The molecule has 0 aromatic heterocycles. The number of halogens is 1. The first-order valence-corrected chi connectivity index (χ1v) is 10.2. The van der Waals surface area contributed by atoms with E-state index in [9.17, 15) is 9.59 Å². The molecule has 4 nitrogen and oxygen atoms in total. The van der Waals surface area contributed by atoms with E-state index in [-0.39, 0.29) is 17.9 Å². The molecular formula is C25H24ClNO3. The third-order valence-electron chi connectivity index (χ3n) is 4.96. The average Bonchev–Trinajstić information content (AvgIpc) is 3.54. The van der Waals surface area contributed by atoms with Crippen LogP contribution in [-0.2, 0) is 4.79 Å². The second kappa shape index (κ2) is 9.59. The van der Waals surface area contributed by atoms with Crippen LogP contribution in [0.2, 0.25) is 5.02 Å². The summed E-state index contributed by atoms with van der Waals surface area (Å²) in [6, 6.07) is 12.1. The number of hydrogen-bond donors (Lipinski definition) is 2. The first-order chi connectivity index (χ1) is 14.4. The Bertz CT molecular complexity index is 1030. The van der Waals surface area contributed by atoms with E-state index in [1.807, 2.05) is 37.3 Å². The summed E-state index contributed by atoms with van der Waals surface area (Å²) in [4.78, 5) is 23.2. The van der Waals surface area contributed by atoms with Crippen molar-refractivity contribution >= 4 is 34.7 Å². The van der Waals surface area contributed by atoms with Gasteiger partial charge in [0, 0.05) is 10.7 Å². The number of aromatic carboxylic acids is 1. The van der Waals surface area contributed by atoms with Gasteiger partial charge in [-0.25, -0.2) is 4.79 Å². The van der Waals surface area contributed by atoms with E-state index in [0.29, 0.717) is 22.2 Å². The maximum atomic E-state index is 12.3. The smallest absolute Gasteiger partial charge is 0.335 e. The van der Waals surface area contributed by atoms with Gasteiger partial charge < -0.3 is 10.4 Å². The molecule has 1 saturated carbocycles. The lowest BCUT2D eigenvalue weighted by atomic mass is 9.95. The number of carboxylic acid groups (broad SMARTS) is 1. The SMILES string of the molecule is C=C(/C=C\C(=C/C)c1cc(Cl)ccc1C1CC1)CC(=O)Nc1ccc(C(=O)O)cc1. The zero-order valence-corrected chi connectivity index (χ0v) is 17.6. The van der Waals surface area contributed by atoms with Gasteiger partial charge in [0.15, 0.2) is 0 Å². The second-order valence-corrected chi connectivity index (χ2v) is 7.79. The van der Waals surface area contributed by atoms with Crippen molar-refractivity contribution in [2.45, 2.75) is 32.1 Å². The molecule has 2 aromatic carbocycles. The second-order valence-electron chi connectivity index (χ2n) is 7.35. The van der Waals surface area contributed by atoms with E-state index < -0.39 is 5.97 Å². The lowest BCUT2D eigenvalue weighted by Gasteiger charge is -2.11. The van der Waals surface area contributed by atoms with Gasteiger partial charge in [0.25, 0.3) is 0 Å². The molecule has 0 aliphatic heterocycles. The van der Waals surface area contributed by atoms with Crippen LogP contribution in [0.4, 0.5) is 5.69 Å². The first kappa shape index (κ1) is 21.6. The summed E-state index contributed by atoms with van der Waals surface area (Å²) >= 11 is 6.22. The van der Waals surface area contributed by atoms with Crippen LogP contribution >= 0.6 is 11.6 Å². The average molecular weight is 422 g/mol. The number of rotatable bonds is 8. The van der Waals surface area contributed by atoms with Gasteiger partial charge in [0.1, 0.15) is 0 Å². The van der Waals surface area contributed by atoms with E-state index in [4.69, 9.17) is 16.7 Å². The molecule has 0 heterocycles. The lowest BCUT2D eigenvalue weighted by Crippen LogP contribution is -2.11. The van der Waals surface area contributed by atoms with Gasteiger partial charge in [-0.1, -0.05) is 42.5 Å². The summed E-state index contributed by atoms with van der Waals surface area (Å²) in [5, 5.41) is 12.4. The van der Waals surface area contributed by atoms with E-state index in [0.717, 1.165) is 11.1 Å². The van der Waals surface area contributed by atoms with E-state index in [2.05, 4.69) is 18.0 Å². The van der Waals surface area contributed by atoms with Crippen molar-refractivity contribution in [3.05, 3.63) is 94.6 Å². The molecule has 0 bridgehead atoms. The Hall–Kier alpha value is -3.11. The van der Waals surface area contributed by atoms with Gasteiger partial charge in [-0.3, -0.25) is 4.79 Å². The Morgan fingerprint density at radius 2 is 1.87 bits per heavy atom. The topological polar surface area (TPSA) is 66.4 Å². The van der Waals surface area contributed by atoms with Crippen LogP contribution in [0.25, 0.3) is 5.57 Å². The highest BCUT2D eigenvalue weighted by Gasteiger charge is 2.26. The zero-order valence-electron chi connectivity index (χ0n) is 16.8. The van der Waals surface area contributed by atoms with Crippen LogP contribution in [0.5, 0.6) is 0 Å². The number of carbonyl (C=O) groups excluding carboxylic acids is 1. The van der Waals surface area contributed by atoms with Crippen LogP contribution in [0.15, 0.2) is 72.8 Å². The molecule has 0 unspecified atom stereocenters. The fourth-order valence-electron chi connectivity index (χ4n) is 3.24. The van der Waals surface area contributed by atoms with Crippen molar-refractivity contribution in [3.8, 4) is 0 Å². The largest absolute Gasteiger partial charge is 0.478 e. The van der Waals surface area contributed by atoms with E-state index >= 15 is 0 Å². The molecule has 1 aliphatic carbocycles. The molecule has 0 spiro atoms. The van der Waals surface area contributed by atoms with Gasteiger partial charge in [-0.15, -0.1) is 0 Å². The Kier molecular flexibility index (Phi) is 6.91. The minimum Gasteiger partial charge on any atom is -0.478 e. The third kappa shape index (κ3) is 5.71. The third-order valence-corrected chi connectivity index (χ3v) is 5.19. The van der Waals surface area contributed by atoms with Crippen molar-refractivity contribution in [1.29, 1.82) is 0 Å². The fourth-order valence-corrected chi connectivity index (χ4v) is 3.42. The molecular weight excluding hydrogens is 398 g/mol. The number of anilines is 1. The van der Waals surface area contributed by atoms with Crippen LogP contribution in [-0.4, -0.2) is 17.0 Å². The van der Waals surface area contributed by atoms with Crippen molar-refractivity contribution in [2.24, 2.45) is 0 Å². The standard InChI is InChI=1S/C25H24ClNO3/c1-3-17(23-15-20(26)10-13-22(23)18-6-7-18)5-4-16(2)14-24(28)27-21-11-8-19(9-12-21)25(29)30/h3-5,8-13,15,18H,2,6-7,14H2,1H3,(H,27,28)(H,29,30)/b5-4-,17-3+. The number of carboxylic acids is 1. The molecule has 0 radical (unpaired) electrons. The highest BCUT2D eigenvalue weighted by molar-refractivity contribution is 6.30. The number of amides is 1. The van der Waals surface area contributed by atoms with Crippen molar-refractivity contribution in [2.75, 3.05) is 5.32 Å². The number of carbonyl (C=O) groups is 2. The number of allylic oxidation sites excluding steroid dienone is 4. The van der Waals surface area contributed by atoms with Gasteiger partial charge in [0.2, 0.25) is 5.91 Å². The highest BCUT2D eigenvalue weighted by Crippen LogP contribution is 2.44. The van der Waals surface area contributed by atoms with Gasteiger partial charge in [-0.05, 0) is 84.4 Å². The van der Waals surface area contributed by atoms with Gasteiger partial charge in [0.05, 0.1) is 12.0 Å². The summed E-state index contributed by atoms with van der Waals surface area (Å²) < 4.78 is 0. The van der Waals surface area contributed by atoms with E-state index in [1.54, 1.807) is 12.1 Å². The molecule has 30 heavy (non-hydrogen) atoms. The van der Waals surface area contributed by atoms with Crippen LogP contribution < -0.4 is 5.32 Å². The van der Waals surface area contributed by atoms with Gasteiger partial charge in [-0.2, -0.15) is 0 Å². The Labute approximate surface area is 181 Å². The Morgan fingerprint density at radius 3 is 2.47 bits per heavy atom. The molecule has 1 fully saturated rings. The number of nitrogens with one attached hydrogen (secondary N) is 1. The normalized spacial score (nSPS) is 14.0. The van der Waals surface area contributed by atoms with Crippen LogP contribution in [0.3, 0.4) is 0 Å². The van der Waals surface area contributed by atoms with Crippen LogP contribution in [0.1, 0.15) is 53.6 Å². The highest BCUT2D eigenvalue weighted by atomic mass is 35.5. The predicted molar refractivity (Wildman–Crippen MR) is 122 cm³/mol. The number of benzene rings is 2. The first-order valence-electron chi connectivity index (χ1n) is 9.82. The van der Waals surface area contributed by atoms with Crippen molar-refractivity contribution in [3.63, 3.8) is 0 Å². The molecule has 5 heteroatoms. The molecule has 0 atom stereocenters. The molecule has 154 valence electrons. The minimum absolute atomic E-state index is 0.138. The monoisotopic (exact) mass is 421 g/mol. The molecule has 0 saturated heterocycles. The summed E-state index contributed by atoms with van der Waals surface area (Å²) in [6.45, 7) is 5.96. The quantitative estimate of drug-likeness (QED) is 0.480. The molecule has 2 N–H and O–H groups in total. The van der Waals surface area contributed by atoms with Crippen LogP contribution in [0, 0.1) is 0 Å². The molecule has 1 aliphatic rings. The summed E-state index contributed by atoms with van der Waals surface area (Å²) in [7, 11) is 0. The Balaban J connectivity index is 1.62. The Morgan fingerprint density at radius 1 is 1.17 bits per heavy atom. The molecule has 2 aromatic rings. The van der Waals surface area contributed by atoms with E-state index in [1.165, 1.54) is 30.5 Å². The predicted octanol–water partition coefficient (Wildman–Crippen LogP) is 6.46. The van der Waals surface area contributed by atoms with Crippen molar-refractivity contribution in [1.82, 2.24) is 0 Å².